The Bertz CT molecular complexity index is 800. The van der Waals surface area contributed by atoms with Gasteiger partial charge in [-0.2, -0.15) is 0 Å². The van der Waals surface area contributed by atoms with E-state index in [1.165, 1.54) is 5.56 Å². The molecule has 0 spiro atoms. The number of amides is 3. The summed E-state index contributed by atoms with van der Waals surface area (Å²) in [7, 11) is 0. The van der Waals surface area contributed by atoms with Crippen molar-refractivity contribution in [2.75, 3.05) is 39.3 Å². The Morgan fingerprint density at radius 3 is 2.17 bits per heavy atom. The molecule has 6 heteroatoms. The van der Waals surface area contributed by atoms with E-state index in [1.54, 1.807) is 0 Å². The maximum absolute atomic E-state index is 12.1. The normalized spacial score (nSPS) is 15.3. The van der Waals surface area contributed by atoms with Crippen molar-refractivity contribution < 1.29 is 9.59 Å². The number of carbonyl (C=O) groups is 2. The number of benzene rings is 2. The van der Waals surface area contributed by atoms with Crippen molar-refractivity contribution in [3.05, 3.63) is 77.9 Å². The molecule has 1 fully saturated rings. The molecule has 29 heavy (non-hydrogen) atoms. The first-order chi connectivity index (χ1) is 14.2. The first-order valence-electron chi connectivity index (χ1n) is 9.97. The van der Waals surface area contributed by atoms with Gasteiger partial charge in [0.1, 0.15) is 0 Å². The Morgan fingerprint density at radius 1 is 0.862 bits per heavy atom. The lowest BCUT2D eigenvalue weighted by Crippen LogP contribution is -2.50. The van der Waals surface area contributed by atoms with Gasteiger partial charge in [0.05, 0.1) is 6.54 Å². The maximum Gasteiger partial charge on any atom is 0.321 e. The van der Waals surface area contributed by atoms with Crippen molar-refractivity contribution in [2.45, 2.75) is 6.54 Å². The van der Waals surface area contributed by atoms with Gasteiger partial charge in [-0.05, 0) is 11.1 Å². The summed E-state index contributed by atoms with van der Waals surface area (Å²) in [5.74, 6) is -0.270. The van der Waals surface area contributed by atoms with Crippen LogP contribution >= 0.6 is 0 Å². The van der Waals surface area contributed by atoms with Crippen molar-refractivity contribution in [1.29, 1.82) is 0 Å². The molecular weight excluding hydrogens is 364 g/mol. The van der Waals surface area contributed by atoms with Crippen LogP contribution < -0.4 is 10.6 Å². The zero-order valence-corrected chi connectivity index (χ0v) is 16.6. The van der Waals surface area contributed by atoms with Crippen LogP contribution in [-0.4, -0.2) is 61.0 Å². The largest absolute Gasteiger partial charge is 0.334 e. The molecular formula is C23H28N4O2. The molecule has 1 aliphatic rings. The average molecular weight is 393 g/mol. The summed E-state index contributed by atoms with van der Waals surface area (Å²) in [4.78, 5) is 28.4. The van der Waals surface area contributed by atoms with E-state index in [9.17, 15) is 9.59 Å². The first kappa shape index (κ1) is 20.8. The highest BCUT2D eigenvalue weighted by atomic mass is 16.2. The minimum absolute atomic E-state index is 0.243. The fraction of sp³-hybridized carbons (Fsp3) is 0.304. The predicted octanol–water partition coefficient (Wildman–Crippen LogP) is 2.34. The van der Waals surface area contributed by atoms with E-state index in [1.807, 2.05) is 48.5 Å². The van der Waals surface area contributed by atoms with Crippen LogP contribution in [0.3, 0.4) is 0 Å². The second-order valence-corrected chi connectivity index (χ2v) is 7.11. The van der Waals surface area contributed by atoms with E-state index >= 15 is 0 Å². The molecule has 0 bridgehead atoms. The molecule has 0 aromatic heterocycles. The van der Waals surface area contributed by atoms with Gasteiger partial charge in [-0.15, -0.1) is 0 Å². The Hall–Kier alpha value is -2.96. The van der Waals surface area contributed by atoms with Gasteiger partial charge in [0.25, 0.3) is 0 Å². The van der Waals surface area contributed by atoms with Crippen LogP contribution in [0.15, 0.2) is 66.7 Å². The van der Waals surface area contributed by atoms with E-state index in [0.29, 0.717) is 6.54 Å². The molecule has 152 valence electrons. The Kier molecular flexibility index (Phi) is 7.98. The minimum Gasteiger partial charge on any atom is -0.334 e. The lowest BCUT2D eigenvalue weighted by Gasteiger charge is -2.33. The van der Waals surface area contributed by atoms with Crippen molar-refractivity contribution in [2.24, 2.45) is 0 Å². The fourth-order valence-electron chi connectivity index (χ4n) is 3.22. The zero-order chi connectivity index (χ0) is 20.3. The number of nitrogens with zero attached hydrogens (tertiary/aromatic N) is 2. The van der Waals surface area contributed by atoms with E-state index in [4.69, 9.17) is 0 Å². The van der Waals surface area contributed by atoms with E-state index in [-0.39, 0.29) is 12.5 Å². The number of hydrogen-bond acceptors (Lipinski definition) is 4. The Labute approximate surface area is 172 Å². The number of piperazine rings is 1. The summed E-state index contributed by atoms with van der Waals surface area (Å²) in [6, 6.07) is 19.4. The Balaban J connectivity index is 1.31. The molecule has 0 radical (unpaired) electrons. The predicted molar refractivity (Wildman–Crippen MR) is 115 cm³/mol. The lowest BCUT2D eigenvalue weighted by atomic mass is 10.2. The molecule has 1 saturated heterocycles. The van der Waals surface area contributed by atoms with Gasteiger partial charge in [-0.3, -0.25) is 19.9 Å². The molecule has 2 N–H and O–H groups in total. The fourth-order valence-corrected chi connectivity index (χ4v) is 3.22. The van der Waals surface area contributed by atoms with Crippen LogP contribution in [0.5, 0.6) is 0 Å². The third kappa shape index (κ3) is 7.52. The molecule has 1 aliphatic heterocycles. The van der Waals surface area contributed by atoms with E-state index in [2.05, 4.69) is 44.7 Å². The highest BCUT2D eigenvalue weighted by Gasteiger charge is 2.19. The van der Waals surface area contributed by atoms with E-state index in [0.717, 1.165) is 38.3 Å². The SMILES string of the molecule is O=C(CN1CCN(CC=Cc2ccccc2)CC1)NC(=O)NCc1ccccc1. The minimum atomic E-state index is -0.455. The van der Waals surface area contributed by atoms with Crippen LogP contribution in [0, 0.1) is 0 Å². The van der Waals surface area contributed by atoms with Gasteiger partial charge in [0.15, 0.2) is 0 Å². The highest BCUT2D eigenvalue weighted by Crippen LogP contribution is 2.04. The number of hydrogen-bond donors (Lipinski definition) is 2. The standard InChI is InChI=1S/C23H28N4O2/c28-22(25-23(29)24-18-21-10-5-2-6-11-21)19-27-16-14-26(15-17-27)13-7-12-20-8-3-1-4-9-20/h1-12H,13-19H2,(H2,24,25,28,29). The molecule has 0 aliphatic carbocycles. The number of carbonyl (C=O) groups excluding carboxylic acids is 2. The van der Waals surface area contributed by atoms with Gasteiger partial charge in [-0.25, -0.2) is 4.79 Å². The molecule has 3 amide bonds. The third-order valence-electron chi connectivity index (χ3n) is 4.85. The first-order valence-corrected chi connectivity index (χ1v) is 9.97. The summed E-state index contributed by atoms with van der Waals surface area (Å²) >= 11 is 0. The van der Waals surface area contributed by atoms with Crippen molar-refractivity contribution in [3.8, 4) is 0 Å². The summed E-state index contributed by atoms with van der Waals surface area (Å²) < 4.78 is 0. The van der Waals surface area contributed by atoms with Crippen LogP contribution in [0.1, 0.15) is 11.1 Å². The molecule has 6 nitrogen and oxygen atoms in total. The zero-order valence-electron chi connectivity index (χ0n) is 16.6. The van der Waals surface area contributed by atoms with Crippen LogP contribution in [-0.2, 0) is 11.3 Å². The lowest BCUT2D eigenvalue weighted by molar-refractivity contribution is -0.121. The molecule has 1 heterocycles. The Morgan fingerprint density at radius 2 is 1.48 bits per heavy atom. The van der Waals surface area contributed by atoms with Crippen LogP contribution in [0.4, 0.5) is 4.79 Å². The number of urea groups is 1. The molecule has 3 rings (SSSR count). The van der Waals surface area contributed by atoms with Crippen molar-refractivity contribution >= 4 is 18.0 Å². The van der Waals surface area contributed by atoms with Gasteiger partial charge in [0.2, 0.25) is 5.91 Å². The molecule has 0 unspecified atom stereocenters. The van der Waals surface area contributed by atoms with Gasteiger partial charge in [-0.1, -0.05) is 72.8 Å². The second kappa shape index (κ2) is 11.1. The summed E-state index contributed by atoms with van der Waals surface area (Å²) in [6.07, 6.45) is 4.31. The smallest absolute Gasteiger partial charge is 0.321 e. The average Bonchev–Trinajstić information content (AvgIpc) is 2.75. The number of rotatable bonds is 7. The van der Waals surface area contributed by atoms with Gasteiger partial charge >= 0.3 is 6.03 Å². The van der Waals surface area contributed by atoms with Gasteiger partial charge in [0, 0.05) is 39.3 Å². The highest BCUT2D eigenvalue weighted by molar-refractivity contribution is 5.95. The maximum atomic E-state index is 12.1. The monoisotopic (exact) mass is 392 g/mol. The summed E-state index contributed by atoms with van der Waals surface area (Å²) in [6.45, 7) is 4.99. The molecule has 2 aromatic carbocycles. The van der Waals surface area contributed by atoms with Crippen LogP contribution in [0.25, 0.3) is 6.08 Å². The number of imide groups is 1. The van der Waals surface area contributed by atoms with Gasteiger partial charge < -0.3 is 5.32 Å². The molecule has 0 atom stereocenters. The van der Waals surface area contributed by atoms with Crippen LogP contribution in [0.2, 0.25) is 0 Å². The quantitative estimate of drug-likeness (QED) is 0.759. The second-order valence-electron chi connectivity index (χ2n) is 7.11. The summed E-state index contributed by atoms with van der Waals surface area (Å²) in [5.41, 5.74) is 2.20. The van der Waals surface area contributed by atoms with Crippen molar-refractivity contribution in [1.82, 2.24) is 20.4 Å². The van der Waals surface area contributed by atoms with Crippen molar-refractivity contribution in [3.63, 3.8) is 0 Å². The summed E-state index contributed by atoms with van der Waals surface area (Å²) in [5, 5.41) is 5.11. The molecule has 0 saturated carbocycles. The topological polar surface area (TPSA) is 64.7 Å². The third-order valence-corrected chi connectivity index (χ3v) is 4.85. The molecule has 2 aromatic rings. The number of nitrogens with one attached hydrogen (secondary N) is 2. The van der Waals surface area contributed by atoms with E-state index < -0.39 is 6.03 Å².